The van der Waals surface area contributed by atoms with E-state index in [1.165, 1.54) is 11.1 Å². The van der Waals surface area contributed by atoms with Gasteiger partial charge in [0.2, 0.25) is 5.91 Å². The summed E-state index contributed by atoms with van der Waals surface area (Å²) in [4.78, 5) is 11.3. The lowest BCUT2D eigenvalue weighted by molar-refractivity contribution is -0.119. The second-order valence-corrected chi connectivity index (χ2v) is 4.28. The number of aryl methyl sites for hydroxylation is 1. The van der Waals surface area contributed by atoms with Gasteiger partial charge in [-0.25, -0.2) is 0 Å². The number of carbonyl (C=O) groups is 1. The van der Waals surface area contributed by atoms with Crippen molar-refractivity contribution in [3.8, 4) is 0 Å². The highest BCUT2D eigenvalue weighted by molar-refractivity contribution is 5.80. The first-order chi connectivity index (χ1) is 7.08. The van der Waals surface area contributed by atoms with Crippen LogP contribution in [-0.4, -0.2) is 11.9 Å². The highest BCUT2D eigenvalue weighted by atomic mass is 16.1. The number of carbonyl (C=O) groups excluding carboxylic acids is 1. The molecule has 1 aromatic carbocycles. The van der Waals surface area contributed by atoms with E-state index in [-0.39, 0.29) is 17.9 Å². The highest BCUT2D eigenvalue weighted by Gasteiger charge is 2.30. The van der Waals surface area contributed by atoms with Gasteiger partial charge < -0.3 is 11.1 Å². The largest absolute Gasteiger partial charge is 0.399 e. The predicted molar refractivity (Wildman–Crippen MR) is 60.6 cm³/mol. The number of nitrogens with two attached hydrogens (primary N) is 1. The summed E-state index contributed by atoms with van der Waals surface area (Å²) in [7, 11) is 0. The first-order valence-electron chi connectivity index (χ1n) is 5.23. The van der Waals surface area contributed by atoms with Crippen molar-refractivity contribution in [1.29, 1.82) is 0 Å². The molecule has 0 spiro atoms. The SMILES string of the molecule is Cc1ccc(N)cc1C1CC(=O)NC1C. The number of hydrogen-bond donors (Lipinski definition) is 2. The molecule has 1 fully saturated rings. The molecule has 1 aliphatic heterocycles. The topological polar surface area (TPSA) is 55.1 Å². The van der Waals surface area contributed by atoms with Crippen molar-refractivity contribution in [2.45, 2.75) is 32.2 Å². The molecule has 0 aliphatic carbocycles. The van der Waals surface area contributed by atoms with Gasteiger partial charge >= 0.3 is 0 Å². The molecule has 2 unspecified atom stereocenters. The van der Waals surface area contributed by atoms with Crippen LogP contribution in [0.15, 0.2) is 18.2 Å². The number of nitrogen functional groups attached to an aromatic ring is 1. The molecule has 1 heterocycles. The molecule has 3 heteroatoms. The summed E-state index contributed by atoms with van der Waals surface area (Å²) in [6, 6.07) is 6.10. The Morgan fingerprint density at radius 2 is 2.20 bits per heavy atom. The molecular weight excluding hydrogens is 188 g/mol. The van der Waals surface area contributed by atoms with Crippen LogP contribution in [0.3, 0.4) is 0 Å². The predicted octanol–water partition coefficient (Wildman–Crippen LogP) is 1.57. The molecule has 1 amide bonds. The summed E-state index contributed by atoms with van der Waals surface area (Å²) >= 11 is 0. The molecular formula is C12H16N2O. The van der Waals surface area contributed by atoms with E-state index in [0.29, 0.717) is 6.42 Å². The van der Waals surface area contributed by atoms with E-state index < -0.39 is 0 Å². The monoisotopic (exact) mass is 204 g/mol. The van der Waals surface area contributed by atoms with E-state index in [1.54, 1.807) is 0 Å². The smallest absolute Gasteiger partial charge is 0.220 e. The van der Waals surface area contributed by atoms with Gasteiger partial charge in [-0.05, 0) is 37.1 Å². The Balaban J connectivity index is 2.36. The molecule has 0 bridgehead atoms. The van der Waals surface area contributed by atoms with Crippen LogP contribution in [0.25, 0.3) is 0 Å². The van der Waals surface area contributed by atoms with Gasteiger partial charge in [0.25, 0.3) is 0 Å². The lowest BCUT2D eigenvalue weighted by Gasteiger charge is -2.17. The van der Waals surface area contributed by atoms with Crippen LogP contribution in [0.5, 0.6) is 0 Å². The van der Waals surface area contributed by atoms with Crippen LogP contribution in [0.4, 0.5) is 5.69 Å². The lowest BCUT2D eigenvalue weighted by Crippen LogP contribution is -2.24. The Labute approximate surface area is 89.7 Å². The molecule has 3 N–H and O–H groups in total. The van der Waals surface area contributed by atoms with E-state index in [4.69, 9.17) is 5.73 Å². The van der Waals surface area contributed by atoms with Crippen molar-refractivity contribution in [3.63, 3.8) is 0 Å². The quantitative estimate of drug-likeness (QED) is 0.682. The van der Waals surface area contributed by atoms with E-state index in [2.05, 4.69) is 12.2 Å². The molecule has 0 radical (unpaired) electrons. The lowest BCUT2D eigenvalue weighted by atomic mass is 9.89. The number of nitrogens with one attached hydrogen (secondary N) is 1. The maximum atomic E-state index is 11.3. The van der Waals surface area contributed by atoms with Crippen molar-refractivity contribution < 1.29 is 4.79 Å². The number of rotatable bonds is 1. The third kappa shape index (κ3) is 1.82. The van der Waals surface area contributed by atoms with Crippen molar-refractivity contribution in [2.75, 3.05) is 5.73 Å². The van der Waals surface area contributed by atoms with Gasteiger partial charge in [-0.3, -0.25) is 4.79 Å². The van der Waals surface area contributed by atoms with Crippen LogP contribution in [-0.2, 0) is 4.79 Å². The van der Waals surface area contributed by atoms with Gasteiger partial charge in [0.15, 0.2) is 0 Å². The molecule has 1 saturated heterocycles. The minimum Gasteiger partial charge on any atom is -0.399 e. The van der Waals surface area contributed by atoms with Crippen LogP contribution in [0, 0.1) is 6.92 Å². The standard InChI is InChI=1S/C12H16N2O/c1-7-3-4-9(13)5-10(7)11-6-12(15)14-8(11)2/h3-5,8,11H,6,13H2,1-2H3,(H,14,15). The average Bonchev–Trinajstić information content (AvgIpc) is 2.50. The normalized spacial score (nSPS) is 25.3. The Hall–Kier alpha value is -1.51. The van der Waals surface area contributed by atoms with Crippen molar-refractivity contribution in [3.05, 3.63) is 29.3 Å². The van der Waals surface area contributed by atoms with Crippen LogP contribution >= 0.6 is 0 Å². The minimum absolute atomic E-state index is 0.134. The molecule has 2 rings (SSSR count). The Morgan fingerprint density at radius 3 is 2.80 bits per heavy atom. The van der Waals surface area contributed by atoms with E-state index >= 15 is 0 Å². The van der Waals surface area contributed by atoms with E-state index in [1.807, 2.05) is 25.1 Å². The van der Waals surface area contributed by atoms with Gasteiger partial charge in [0.1, 0.15) is 0 Å². The van der Waals surface area contributed by atoms with Gasteiger partial charge in [-0.15, -0.1) is 0 Å². The molecule has 1 aromatic rings. The molecule has 1 aliphatic rings. The molecule has 80 valence electrons. The Bertz CT molecular complexity index is 401. The van der Waals surface area contributed by atoms with Gasteiger partial charge in [0.05, 0.1) is 0 Å². The van der Waals surface area contributed by atoms with Crippen molar-refractivity contribution in [2.24, 2.45) is 0 Å². The molecule has 2 atom stereocenters. The maximum Gasteiger partial charge on any atom is 0.220 e. The number of benzene rings is 1. The number of hydrogen-bond acceptors (Lipinski definition) is 2. The first kappa shape index (κ1) is 10.0. The molecule has 0 saturated carbocycles. The molecule has 15 heavy (non-hydrogen) atoms. The fourth-order valence-corrected chi connectivity index (χ4v) is 2.23. The summed E-state index contributed by atoms with van der Waals surface area (Å²) in [6.45, 7) is 4.10. The Morgan fingerprint density at radius 1 is 1.47 bits per heavy atom. The summed E-state index contributed by atoms with van der Waals surface area (Å²) in [5.74, 6) is 0.398. The van der Waals surface area contributed by atoms with Gasteiger partial charge in [0, 0.05) is 24.1 Å². The second-order valence-electron chi connectivity index (χ2n) is 4.28. The fraction of sp³-hybridized carbons (Fsp3) is 0.417. The fourth-order valence-electron chi connectivity index (χ4n) is 2.23. The number of anilines is 1. The molecule has 0 aromatic heterocycles. The minimum atomic E-state index is 0.134. The second kappa shape index (κ2) is 3.57. The zero-order valence-corrected chi connectivity index (χ0v) is 9.08. The summed E-state index contributed by atoms with van der Waals surface area (Å²) in [6.07, 6.45) is 0.575. The van der Waals surface area contributed by atoms with Crippen molar-refractivity contribution in [1.82, 2.24) is 5.32 Å². The third-order valence-electron chi connectivity index (χ3n) is 3.10. The van der Waals surface area contributed by atoms with Crippen LogP contribution < -0.4 is 11.1 Å². The molecule has 3 nitrogen and oxygen atoms in total. The van der Waals surface area contributed by atoms with Gasteiger partial charge in [-0.2, -0.15) is 0 Å². The summed E-state index contributed by atoms with van der Waals surface area (Å²) in [5, 5.41) is 2.93. The maximum absolute atomic E-state index is 11.3. The number of amides is 1. The first-order valence-corrected chi connectivity index (χ1v) is 5.23. The van der Waals surface area contributed by atoms with Crippen molar-refractivity contribution >= 4 is 11.6 Å². The van der Waals surface area contributed by atoms with E-state index in [0.717, 1.165) is 5.69 Å². The van der Waals surface area contributed by atoms with E-state index in [9.17, 15) is 4.79 Å². The summed E-state index contributed by atoms with van der Waals surface area (Å²) in [5.41, 5.74) is 8.94. The zero-order chi connectivity index (χ0) is 11.0. The van der Waals surface area contributed by atoms with Crippen LogP contribution in [0.2, 0.25) is 0 Å². The highest BCUT2D eigenvalue weighted by Crippen LogP contribution is 2.31. The summed E-state index contributed by atoms with van der Waals surface area (Å²) < 4.78 is 0. The Kier molecular flexibility index (Phi) is 2.39. The van der Waals surface area contributed by atoms with Crippen LogP contribution in [0.1, 0.15) is 30.4 Å². The van der Waals surface area contributed by atoms with Gasteiger partial charge in [-0.1, -0.05) is 6.07 Å². The zero-order valence-electron chi connectivity index (χ0n) is 9.08. The average molecular weight is 204 g/mol. The third-order valence-corrected chi connectivity index (χ3v) is 3.10.